The van der Waals surface area contributed by atoms with E-state index in [1.807, 2.05) is 25.1 Å². The van der Waals surface area contributed by atoms with Crippen molar-refractivity contribution >= 4 is 5.91 Å². The summed E-state index contributed by atoms with van der Waals surface area (Å²) in [5, 5.41) is 8.63. The number of aromatic nitrogens is 3. The third-order valence-electron chi connectivity index (χ3n) is 4.69. The summed E-state index contributed by atoms with van der Waals surface area (Å²) in [5.41, 5.74) is 0.931. The van der Waals surface area contributed by atoms with Crippen molar-refractivity contribution in [1.29, 1.82) is 0 Å². The van der Waals surface area contributed by atoms with E-state index in [0.717, 1.165) is 11.6 Å². The first kappa shape index (κ1) is 17.2. The number of aryl methyl sites for hydroxylation is 1. The number of fused-ring (bicyclic) bond motifs is 1. The molecule has 3 aromatic rings. The first-order valence-corrected chi connectivity index (χ1v) is 8.89. The monoisotopic (exact) mass is 364 g/mol. The Morgan fingerprint density at radius 3 is 2.74 bits per heavy atom. The average Bonchev–Trinajstić information content (AvgIpc) is 3.04. The van der Waals surface area contributed by atoms with Gasteiger partial charge in [0.1, 0.15) is 11.6 Å². The molecule has 1 atom stereocenters. The number of hydrogen-bond donors (Lipinski definition) is 0. The van der Waals surface area contributed by atoms with Crippen molar-refractivity contribution < 1.29 is 9.21 Å². The highest BCUT2D eigenvalue weighted by molar-refractivity contribution is 5.91. The summed E-state index contributed by atoms with van der Waals surface area (Å²) in [4.78, 5) is 26.1. The molecule has 0 radical (unpaired) electrons. The maximum absolute atomic E-state index is 12.8. The highest BCUT2D eigenvalue weighted by Gasteiger charge is 2.30. The summed E-state index contributed by atoms with van der Waals surface area (Å²) in [6.45, 7) is 4.53. The SMILES string of the molecule is Cc1cc(=O)cc(C(=O)N2Cc3nnc(Cc4ccccc4)n3[C@@H](C)C2)o1. The van der Waals surface area contributed by atoms with Gasteiger partial charge in [-0.3, -0.25) is 9.59 Å². The molecular weight excluding hydrogens is 344 g/mol. The van der Waals surface area contributed by atoms with Gasteiger partial charge in [-0.1, -0.05) is 30.3 Å². The predicted octanol–water partition coefficient (Wildman–Crippen LogP) is 2.35. The largest absolute Gasteiger partial charge is 0.456 e. The van der Waals surface area contributed by atoms with Gasteiger partial charge in [-0.2, -0.15) is 0 Å². The highest BCUT2D eigenvalue weighted by atomic mass is 16.3. The standard InChI is InChI=1S/C20H20N4O3/c1-13-11-23(20(26)17-10-16(25)8-14(2)27-17)12-19-22-21-18(24(13)19)9-15-6-4-3-5-7-15/h3-8,10,13H,9,11-12H2,1-2H3/t13-/m0/s1. The first-order valence-electron chi connectivity index (χ1n) is 8.89. The van der Waals surface area contributed by atoms with E-state index in [0.29, 0.717) is 25.3 Å². The van der Waals surface area contributed by atoms with Crippen LogP contribution in [0.5, 0.6) is 0 Å². The van der Waals surface area contributed by atoms with Crippen molar-refractivity contribution in [2.45, 2.75) is 32.9 Å². The molecule has 7 nitrogen and oxygen atoms in total. The van der Waals surface area contributed by atoms with E-state index < -0.39 is 0 Å². The molecule has 1 aliphatic rings. The van der Waals surface area contributed by atoms with Gasteiger partial charge in [0.25, 0.3) is 5.91 Å². The number of hydrogen-bond acceptors (Lipinski definition) is 5. The molecule has 0 fully saturated rings. The summed E-state index contributed by atoms with van der Waals surface area (Å²) in [5.74, 6) is 1.80. The second kappa shape index (κ2) is 6.83. The first-order chi connectivity index (χ1) is 13.0. The van der Waals surface area contributed by atoms with Gasteiger partial charge in [0.15, 0.2) is 17.0 Å². The maximum Gasteiger partial charge on any atom is 0.290 e. The molecule has 0 unspecified atom stereocenters. The van der Waals surface area contributed by atoms with Crippen LogP contribution < -0.4 is 5.43 Å². The van der Waals surface area contributed by atoms with Crippen LogP contribution in [-0.4, -0.2) is 32.1 Å². The van der Waals surface area contributed by atoms with Gasteiger partial charge in [0.2, 0.25) is 0 Å². The lowest BCUT2D eigenvalue weighted by atomic mass is 10.1. The Labute approximate surface area is 156 Å². The number of carbonyl (C=O) groups is 1. The van der Waals surface area contributed by atoms with E-state index in [1.54, 1.807) is 11.8 Å². The van der Waals surface area contributed by atoms with Crippen LogP contribution in [0.2, 0.25) is 0 Å². The van der Waals surface area contributed by atoms with Crippen molar-refractivity contribution in [2.24, 2.45) is 0 Å². The van der Waals surface area contributed by atoms with Crippen LogP contribution >= 0.6 is 0 Å². The minimum Gasteiger partial charge on any atom is -0.456 e. The zero-order valence-corrected chi connectivity index (χ0v) is 15.3. The third-order valence-corrected chi connectivity index (χ3v) is 4.69. The van der Waals surface area contributed by atoms with Crippen molar-refractivity contribution in [3.8, 4) is 0 Å². The molecule has 0 saturated heterocycles. The van der Waals surface area contributed by atoms with Crippen molar-refractivity contribution in [3.63, 3.8) is 0 Å². The van der Waals surface area contributed by atoms with E-state index in [2.05, 4.69) is 26.9 Å². The molecule has 0 spiro atoms. The number of rotatable bonds is 3. The molecule has 0 aliphatic carbocycles. The topological polar surface area (TPSA) is 81.2 Å². The van der Waals surface area contributed by atoms with Gasteiger partial charge in [-0.15, -0.1) is 10.2 Å². The lowest BCUT2D eigenvalue weighted by Crippen LogP contribution is -2.41. The van der Waals surface area contributed by atoms with Crippen molar-refractivity contribution in [3.05, 3.63) is 81.4 Å². The zero-order valence-electron chi connectivity index (χ0n) is 15.3. The van der Waals surface area contributed by atoms with Crippen LogP contribution in [0.1, 0.15) is 46.5 Å². The Morgan fingerprint density at radius 2 is 2.00 bits per heavy atom. The minimum atomic E-state index is -0.304. The fraction of sp³-hybridized carbons (Fsp3) is 0.300. The third kappa shape index (κ3) is 3.40. The number of carbonyl (C=O) groups excluding carboxylic acids is 1. The molecule has 0 bridgehead atoms. The highest BCUT2D eigenvalue weighted by Crippen LogP contribution is 2.24. The van der Waals surface area contributed by atoms with Crippen LogP contribution in [0.3, 0.4) is 0 Å². The summed E-state index contributed by atoms with van der Waals surface area (Å²) >= 11 is 0. The molecule has 0 N–H and O–H groups in total. The van der Waals surface area contributed by atoms with Crippen molar-refractivity contribution in [1.82, 2.24) is 19.7 Å². The van der Waals surface area contributed by atoms with Crippen molar-refractivity contribution in [2.75, 3.05) is 6.54 Å². The molecule has 1 aromatic carbocycles. The Bertz CT molecular complexity index is 1040. The number of benzene rings is 1. The molecule has 0 saturated carbocycles. The summed E-state index contributed by atoms with van der Waals surface area (Å²) in [6.07, 6.45) is 0.693. The molecule has 1 aliphatic heterocycles. The second-order valence-electron chi connectivity index (χ2n) is 6.87. The fourth-order valence-electron chi connectivity index (χ4n) is 3.53. The summed E-state index contributed by atoms with van der Waals surface area (Å²) in [6, 6.07) is 12.7. The van der Waals surface area contributed by atoms with Crippen LogP contribution in [-0.2, 0) is 13.0 Å². The van der Waals surface area contributed by atoms with E-state index >= 15 is 0 Å². The quantitative estimate of drug-likeness (QED) is 0.713. The van der Waals surface area contributed by atoms with Crippen LogP contribution in [0, 0.1) is 6.92 Å². The normalized spacial score (nSPS) is 16.2. The Morgan fingerprint density at radius 1 is 1.22 bits per heavy atom. The summed E-state index contributed by atoms with van der Waals surface area (Å²) < 4.78 is 7.55. The van der Waals surface area contributed by atoms with E-state index in [1.165, 1.54) is 17.7 Å². The van der Waals surface area contributed by atoms with Gasteiger partial charge in [0.05, 0.1) is 12.6 Å². The molecular formula is C20H20N4O3. The van der Waals surface area contributed by atoms with Gasteiger partial charge in [-0.25, -0.2) is 0 Å². The van der Waals surface area contributed by atoms with Gasteiger partial charge >= 0.3 is 0 Å². The number of nitrogens with zero attached hydrogens (tertiary/aromatic N) is 4. The lowest BCUT2D eigenvalue weighted by Gasteiger charge is -2.32. The average molecular weight is 364 g/mol. The molecule has 27 heavy (non-hydrogen) atoms. The minimum absolute atomic E-state index is 0.0305. The van der Waals surface area contributed by atoms with E-state index in [9.17, 15) is 9.59 Å². The maximum atomic E-state index is 12.8. The van der Waals surface area contributed by atoms with Gasteiger partial charge in [0, 0.05) is 25.1 Å². The van der Waals surface area contributed by atoms with Crippen LogP contribution in [0.4, 0.5) is 0 Å². The predicted molar refractivity (Wildman–Crippen MR) is 98.4 cm³/mol. The second-order valence-corrected chi connectivity index (χ2v) is 6.87. The fourth-order valence-corrected chi connectivity index (χ4v) is 3.53. The molecule has 2 aromatic heterocycles. The summed E-state index contributed by atoms with van der Waals surface area (Å²) in [7, 11) is 0. The molecule has 7 heteroatoms. The molecule has 138 valence electrons. The van der Waals surface area contributed by atoms with Crippen LogP contribution in [0.25, 0.3) is 0 Å². The van der Waals surface area contributed by atoms with Gasteiger partial charge < -0.3 is 13.9 Å². The Kier molecular flexibility index (Phi) is 4.35. The Hall–Kier alpha value is -3.22. The van der Waals surface area contributed by atoms with Gasteiger partial charge in [-0.05, 0) is 19.4 Å². The van der Waals surface area contributed by atoms with E-state index in [-0.39, 0.29) is 23.1 Å². The smallest absolute Gasteiger partial charge is 0.290 e. The molecule has 1 amide bonds. The molecule has 3 heterocycles. The zero-order chi connectivity index (χ0) is 19.0. The van der Waals surface area contributed by atoms with E-state index in [4.69, 9.17) is 4.42 Å². The number of amides is 1. The lowest BCUT2D eigenvalue weighted by molar-refractivity contribution is 0.0643. The molecule has 4 rings (SSSR count). The van der Waals surface area contributed by atoms with Crippen LogP contribution in [0.15, 0.2) is 51.7 Å². The Balaban J connectivity index is 1.59.